The fourth-order valence-corrected chi connectivity index (χ4v) is 0.869. The van der Waals surface area contributed by atoms with Crippen LogP contribution in [-0.4, -0.2) is 13.0 Å². The minimum Gasteiger partial charge on any atom is -0.397 e. The van der Waals surface area contributed by atoms with Gasteiger partial charge in [-0.3, -0.25) is 0 Å². The van der Waals surface area contributed by atoms with Crippen LogP contribution in [0.2, 0.25) is 0 Å². The Morgan fingerprint density at radius 1 is 1.38 bits per heavy atom. The number of nitrogens with one attached hydrogen (secondary N) is 1. The lowest BCUT2D eigenvalue weighted by Crippen LogP contribution is -2.11. The highest BCUT2D eigenvalue weighted by Gasteiger charge is 2.04. The van der Waals surface area contributed by atoms with E-state index in [1.165, 1.54) is 12.1 Å². The smallest absolute Gasteiger partial charge is 0.255 e. The number of rotatable bonds is 3. The van der Waals surface area contributed by atoms with E-state index in [9.17, 15) is 13.2 Å². The van der Waals surface area contributed by atoms with Gasteiger partial charge in [-0.2, -0.15) is 0 Å². The Hall–Kier alpha value is -1.39. The summed E-state index contributed by atoms with van der Waals surface area (Å²) in [6.45, 7) is -0.534. The lowest BCUT2D eigenvalue weighted by molar-refractivity contribution is 0.163. The third-order valence-corrected chi connectivity index (χ3v) is 1.46. The standard InChI is InChI=1S/C8H9F3N2/c9-5-1-2-6(12)7(3-5)13-4-8(10)11/h1-3,8,13H,4,12H2. The molecule has 72 valence electrons. The number of hydrogen-bond acceptors (Lipinski definition) is 2. The zero-order chi connectivity index (χ0) is 9.84. The molecule has 0 bridgehead atoms. The molecule has 0 atom stereocenters. The molecule has 0 aliphatic carbocycles. The molecule has 13 heavy (non-hydrogen) atoms. The Labute approximate surface area is 73.5 Å². The van der Waals surface area contributed by atoms with E-state index in [2.05, 4.69) is 5.32 Å². The summed E-state index contributed by atoms with van der Waals surface area (Å²) in [5.41, 5.74) is 5.85. The number of halogens is 3. The van der Waals surface area contributed by atoms with Gasteiger partial charge in [0.15, 0.2) is 0 Å². The van der Waals surface area contributed by atoms with Crippen LogP contribution in [0.1, 0.15) is 0 Å². The molecule has 0 saturated carbocycles. The van der Waals surface area contributed by atoms with Gasteiger partial charge in [-0.25, -0.2) is 13.2 Å². The highest BCUT2D eigenvalue weighted by Crippen LogP contribution is 2.19. The normalized spacial score (nSPS) is 10.5. The summed E-state index contributed by atoms with van der Waals surface area (Å²) in [6, 6.07) is 3.57. The van der Waals surface area contributed by atoms with Gasteiger partial charge in [-0.05, 0) is 18.2 Å². The molecule has 1 aromatic carbocycles. The first kappa shape index (κ1) is 9.70. The van der Waals surface area contributed by atoms with Crippen molar-refractivity contribution in [1.29, 1.82) is 0 Å². The Balaban J connectivity index is 2.70. The van der Waals surface area contributed by atoms with Crippen LogP contribution in [0.15, 0.2) is 18.2 Å². The van der Waals surface area contributed by atoms with Crippen LogP contribution in [0.3, 0.4) is 0 Å². The first-order valence-electron chi connectivity index (χ1n) is 3.66. The molecular weight excluding hydrogens is 181 g/mol. The molecule has 0 fully saturated rings. The van der Waals surface area contributed by atoms with E-state index < -0.39 is 18.8 Å². The molecule has 1 aromatic rings. The van der Waals surface area contributed by atoms with Crippen LogP contribution < -0.4 is 11.1 Å². The summed E-state index contributed by atoms with van der Waals surface area (Å²) in [5.74, 6) is -0.508. The fourth-order valence-electron chi connectivity index (χ4n) is 0.869. The first-order chi connectivity index (χ1) is 6.09. The largest absolute Gasteiger partial charge is 0.397 e. The number of nitrogens with two attached hydrogens (primary N) is 1. The second kappa shape index (κ2) is 4.02. The van der Waals surface area contributed by atoms with E-state index in [4.69, 9.17) is 5.73 Å². The van der Waals surface area contributed by atoms with E-state index in [-0.39, 0.29) is 11.4 Å². The molecule has 0 heterocycles. The van der Waals surface area contributed by atoms with E-state index in [1.807, 2.05) is 0 Å². The van der Waals surface area contributed by atoms with Crippen molar-refractivity contribution in [2.45, 2.75) is 6.43 Å². The van der Waals surface area contributed by atoms with E-state index in [1.54, 1.807) is 0 Å². The number of alkyl halides is 2. The molecule has 0 aliphatic heterocycles. The molecule has 2 nitrogen and oxygen atoms in total. The molecule has 3 N–H and O–H groups in total. The summed E-state index contributed by atoms with van der Waals surface area (Å²) in [5, 5.41) is 2.34. The highest BCUT2D eigenvalue weighted by molar-refractivity contribution is 5.65. The molecular formula is C8H9F3N2. The maximum atomic E-state index is 12.6. The lowest BCUT2D eigenvalue weighted by Gasteiger charge is -2.08. The monoisotopic (exact) mass is 190 g/mol. The third kappa shape index (κ3) is 2.85. The molecule has 0 spiro atoms. The number of benzene rings is 1. The van der Waals surface area contributed by atoms with Crippen LogP contribution in [0.4, 0.5) is 24.5 Å². The third-order valence-electron chi connectivity index (χ3n) is 1.46. The predicted molar refractivity (Wildman–Crippen MR) is 45.3 cm³/mol. The Kier molecular flexibility index (Phi) is 3.00. The summed E-state index contributed by atoms with van der Waals surface area (Å²) in [7, 11) is 0. The van der Waals surface area contributed by atoms with Crippen LogP contribution in [-0.2, 0) is 0 Å². The van der Waals surface area contributed by atoms with Gasteiger partial charge in [0.2, 0.25) is 0 Å². The minimum absolute atomic E-state index is 0.195. The Morgan fingerprint density at radius 2 is 2.08 bits per heavy atom. The fraction of sp³-hybridized carbons (Fsp3) is 0.250. The van der Waals surface area contributed by atoms with Crippen LogP contribution in [0.5, 0.6) is 0 Å². The molecule has 0 unspecified atom stereocenters. The van der Waals surface area contributed by atoms with Gasteiger partial charge in [0.25, 0.3) is 6.43 Å². The lowest BCUT2D eigenvalue weighted by atomic mass is 10.2. The number of anilines is 2. The van der Waals surface area contributed by atoms with Gasteiger partial charge >= 0.3 is 0 Å². The number of hydrogen-bond donors (Lipinski definition) is 2. The second-order valence-corrected chi connectivity index (χ2v) is 2.50. The van der Waals surface area contributed by atoms with Crippen molar-refractivity contribution < 1.29 is 13.2 Å². The van der Waals surface area contributed by atoms with E-state index >= 15 is 0 Å². The Morgan fingerprint density at radius 3 is 2.69 bits per heavy atom. The predicted octanol–water partition coefficient (Wildman–Crippen LogP) is 2.08. The van der Waals surface area contributed by atoms with E-state index in [0.717, 1.165) is 6.07 Å². The summed E-state index contributed by atoms with van der Waals surface area (Å²) < 4.78 is 36.1. The zero-order valence-corrected chi connectivity index (χ0v) is 6.73. The van der Waals surface area contributed by atoms with Crippen molar-refractivity contribution in [2.24, 2.45) is 0 Å². The minimum atomic E-state index is -2.48. The van der Waals surface area contributed by atoms with Crippen molar-refractivity contribution in [3.05, 3.63) is 24.0 Å². The maximum absolute atomic E-state index is 12.6. The van der Waals surface area contributed by atoms with Gasteiger partial charge in [0.05, 0.1) is 17.9 Å². The summed E-state index contributed by atoms with van der Waals surface area (Å²) >= 11 is 0. The summed E-state index contributed by atoms with van der Waals surface area (Å²) in [6.07, 6.45) is -2.48. The van der Waals surface area contributed by atoms with Gasteiger partial charge in [0.1, 0.15) is 5.82 Å². The van der Waals surface area contributed by atoms with Crippen molar-refractivity contribution in [1.82, 2.24) is 0 Å². The van der Waals surface area contributed by atoms with Gasteiger partial charge < -0.3 is 11.1 Å². The SMILES string of the molecule is Nc1ccc(F)cc1NCC(F)F. The highest BCUT2D eigenvalue weighted by atomic mass is 19.3. The molecule has 5 heteroatoms. The van der Waals surface area contributed by atoms with Crippen molar-refractivity contribution in [2.75, 3.05) is 17.6 Å². The van der Waals surface area contributed by atoms with Crippen LogP contribution in [0.25, 0.3) is 0 Å². The van der Waals surface area contributed by atoms with Crippen molar-refractivity contribution in [3.63, 3.8) is 0 Å². The average Bonchev–Trinajstić information content (AvgIpc) is 2.06. The van der Waals surface area contributed by atoms with Crippen molar-refractivity contribution >= 4 is 11.4 Å². The molecule has 1 rings (SSSR count). The molecule has 0 aliphatic rings. The molecule has 0 amide bonds. The van der Waals surface area contributed by atoms with Gasteiger partial charge in [-0.1, -0.05) is 0 Å². The molecule has 0 aromatic heterocycles. The van der Waals surface area contributed by atoms with Gasteiger partial charge in [-0.15, -0.1) is 0 Å². The van der Waals surface area contributed by atoms with Crippen LogP contribution >= 0.6 is 0 Å². The van der Waals surface area contributed by atoms with Crippen LogP contribution in [0, 0.1) is 5.82 Å². The zero-order valence-electron chi connectivity index (χ0n) is 6.73. The maximum Gasteiger partial charge on any atom is 0.255 e. The Bertz CT molecular complexity index is 289. The quantitative estimate of drug-likeness (QED) is 0.716. The van der Waals surface area contributed by atoms with Gasteiger partial charge in [0, 0.05) is 0 Å². The second-order valence-electron chi connectivity index (χ2n) is 2.50. The van der Waals surface area contributed by atoms with Crippen molar-refractivity contribution in [3.8, 4) is 0 Å². The van der Waals surface area contributed by atoms with E-state index in [0.29, 0.717) is 0 Å². The molecule has 0 radical (unpaired) electrons. The average molecular weight is 190 g/mol. The summed E-state index contributed by atoms with van der Waals surface area (Å²) in [4.78, 5) is 0. The topological polar surface area (TPSA) is 38.0 Å². The first-order valence-corrected chi connectivity index (χ1v) is 3.66. The number of nitrogen functional groups attached to an aromatic ring is 1. The molecule has 0 saturated heterocycles.